The number of nitrogens with one attached hydrogen (secondary N) is 3. The number of aliphatic hydroxyl groups excluding tert-OH is 2. The number of aliphatic hydroxyl groups is 2. The fourth-order valence-corrected chi connectivity index (χ4v) is 7.06. The third kappa shape index (κ3) is 8.40. The van der Waals surface area contributed by atoms with Crippen molar-refractivity contribution in [2.45, 2.75) is 75.8 Å². The Balaban J connectivity index is 1.14. The van der Waals surface area contributed by atoms with Gasteiger partial charge in [0.25, 0.3) is 0 Å². The van der Waals surface area contributed by atoms with E-state index in [0.717, 1.165) is 11.3 Å². The maximum atomic E-state index is 12.9. The van der Waals surface area contributed by atoms with Crippen molar-refractivity contribution >= 4 is 28.8 Å². The molecule has 0 unspecified atom stereocenters. The van der Waals surface area contributed by atoms with Gasteiger partial charge in [0.2, 0.25) is 11.9 Å². The molecule has 5 N–H and O–H groups in total. The van der Waals surface area contributed by atoms with Gasteiger partial charge in [0.15, 0.2) is 17.0 Å². The largest absolute Gasteiger partial charge is 0.388 e. The number of aryl methyl sites for hydroxylation is 1. The van der Waals surface area contributed by atoms with Crippen LogP contribution in [-0.4, -0.2) is 76.5 Å². The second-order valence-electron chi connectivity index (χ2n) is 14.0. The van der Waals surface area contributed by atoms with Gasteiger partial charge in [0.05, 0.1) is 30.4 Å². The third-order valence-electron chi connectivity index (χ3n) is 10.1. The van der Waals surface area contributed by atoms with E-state index >= 15 is 0 Å². The number of anilines is 2. The summed E-state index contributed by atoms with van der Waals surface area (Å²) in [4.78, 5) is 32.0. The average Bonchev–Trinajstić information content (AvgIpc) is 3.90. The number of fused-ring (bicyclic) bond motifs is 1. The van der Waals surface area contributed by atoms with Crippen LogP contribution in [0.5, 0.6) is 0 Å². The van der Waals surface area contributed by atoms with E-state index in [4.69, 9.17) is 15.0 Å². The van der Waals surface area contributed by atoms with Crippen LogP contribution in [0.15, 0.2) is 110 Å². The molecule has 4 atom stereocenters. The summed E-state index contributed by atoms with van der Waals surface area (Å²) in [5.74, 6) is 0.817. The van der Waals surface area contributed by atoms with Crippen LogP contribution < -0.4 is 16.0 Å². The summed E-state index contributed by atoms with van der Waals surface area (Å²) in [6.45, 7) is 5.33. The molecule has 1 aliphatic carbocycles. The number of carbonyl (C=O) groups is 1. The number of hydrogen-bond acceptors (Lipinski definition) is 9. The van der Waals surface area contributed by atoms with Gasteiger partial charge in [0.1, 0.15) is 12.2 Å². The van der Waals surface area contributed by atoms with Crippen LogP contribution in [0.4, 0.5) is 11.8 Å². The van der Waals surface area contributed by atoms with Gasteiger partial charge < -0.3 is 35.3 Å². The molecule has 1 aliphatic rings. The average molecular weight is 714 g/mol. The van der Waals surface area contributed by atoms with Gasteiger partial charge in [-0.25, -0.2) is 9.97 Å². The summed E-state index contributed by atoms with van der Waals surface area (Å²) in [5, 5.41) is 32.4. The van der Waals surface area contributed by atoms with Crippen molar-refractivity contribution < 1.29 is 15.0 Å². The molecule has 1 saturated carbocycles. The van der Waals surface area contributed by atoms with E-state index in [1.807, 2.05) is 73.1 Å². The van der Waals surface area contributed by atoms with Crippen LogP contribution in [-0.2, 0) is 17.6 Å². The lowest BCUT2D eigenvalue weighted by atomic mass is 9.91. The lowest BCUT2D eigenvalue weighted by Crippen LogP contribution is -2.43. The van der Waals surface area contributed by atoms with Gasteiger partial charge in [-0.1, -0.05) is 91.0 Å². The molecule has 1 fully saturated rings. The molecule has 7 rings (SSSR count). The first kappa shape index (κ1) is 35.8. The highest BCUT2D eigenvalue weighted by atomic mass is 16.3. The van der Waals surface area contributed by atoms with Gasteiger partial charge in [-0.15, -0.1) is 0 Å². The summed E-state index contributed by atoms with van der Waals surface area (Å²) in [6.07, 6.45) is 5.09. The molecule has 0 bridgehead atoms. The Kier molecular flexibility index (Phi) is 11.1. The van der Waals surface area contributed by atoms with Gasteiger partial charge in [-0.05, 0) is 43.4 Å². The van der Waals surface area contributed by atoms with E-state index in [0.29, 0.717) is 61.3 Å². The summed E-state index contributed by atoms with van der Waals surface area (Å²) in [5.41, 5.74) is 5.42. The molecule has 53 heavy (non-hydrogen) atoms. The highest BCUT2D eigenvalue weighted by molar-refractivity contribution is 5.84. The maximum absolute atomic E-state index is 12.9. The topological polar surface area (TPSA) is 155 Å². The van der Waals surface area contributed by atoms with E-state index in [-0.39, 0.29) is 18.2 Å². The van der Waals surface area contributed by atoms with Crippen molar-refractivity contribution in [2.24, 2.45) is 0 Å². The standard InChI is InChI=1S/C41H47N9O3/c1-27(2)49-24-31(44-25-49)20-21-42-41-47-39(43-23-32(29-14-8-4-9-15-29)30-16-10-5-11-17-30)36-40(48-41)50(26-45-36)34-22-33(37(52)38(34)53)46-35(51)19-18-28-12-6-3-7-13-28/h3-17,24-27,32-34,37-38,52-53H,18-23H2,1-2H3,(H,46,51)(H2,42,43,47,48)/t33-,34+,37+,38-/m0/s1. The Morgan fingerprint density at radius 2 is 1.51 bits per heavy atom. The third-order valence-corrected chi connectivity index (χ3v) is 10.1. The first-order valence-corrected chi connectivity index (χ1v) is 18.4. The minimum atomic E-state index is -1.15. The van der Waals surface area contributed by atoms with E-state index in [2.05, 4.69) is 69.8 Å². The second kappa shape index (κ2) is 16.4. The highest BCUT2D eigenvalue weighted by Crippen LogP contribution is 2.35. The Morgan fingerprint density at radius 3 is 2.17 bits per heavy atom. The van der Waals surface area contributed by atoms with Crippen molar-refractivity contribution in [1.82, 2.24) is 34.4 Å². The van der Waals surface area contributed by atoms with Crippen molar-refractivity contribution in [1.29, 1.82) is 0 Å². The summed E-state index contributed by atoms with van der Waals surface area (Å²) < 4.78 is 3.88. The number of nitrogens with zero attached hydrogens (tertiary/aromatic N) is 6. The van der Waals surface area contributed by atoms with Crippen molar-refractivity contribution in [2.75, 3.05) is 23.7 Å². The molecule has 274 valence electrons. The Morgan fingerprint density at radius 1 is 0.830 bits per heavy atom. The number of aromatic nitrogens is 6. The fourth-order valence-electron chi connectivity index (χ4n) is 7.06. The molecule has 0 aliphatic heterocycles. The van der Waals surface area contributed by atoms with Crippen molar-refractivity contribution in [3.63, 3.8) is 0 Å². The molecule has 0 saturated heterocycles. The number of carbonyl (C=O) groups excluding carboxylic acids is 1. The molecular weight excluding hydrogens is 667 g/mol. The molecule has 3 aromatic carbocycles. The van der Waals surface area contributed by atoms with Gasteiger partial charge in [-0.3, -0.25) is 4.79 Å². The smallest absolute Gasteiger partial charge is 0.226 e. The molecular formula is C41H47N9O3. The van der Waals surface area contributed by atoms with Crippen LogP contribution in [0, 0.1) is 0 Å². The zero-order valence-corrected chi connectivity index (χ0v) is 30.1. The molecule has 12 nitrogen and oxygen atoms in total. The predicted molar refractivity (Wildman–Crippen MR) is 206 cm³/mol. The molecule has 3 heterocycles. The minimum Gasteiger partial charge on any atom is -0.388 e. The summed E-state index contributed by atoms with van der Waals surface area (Å²) in [7, 11) is 0. The number of rotatable bonds is 15. The normalized spacial score (nSPS) is 18.5. The molecule has 1 amide bonds. The van der Waals surface area contributed by atoms with Gasteiger partial charge >= 0.3 is 0 Å². The monoisotopic (exact) mass is 713 g/mol. The number of imidazole rings is 2. The highest BCUT2D eigenvalue weighted by Gasteiger charge is 2.44. The lowest BCUT2D eigenvalue weighted by Gasteiger charge is -2.20. The summed E-state index contributed by atoms with van der Waals surface area (Å²) >= 11 is 0. The van der Waals surface area contributed by atoms with Gasteiger partial charge in [0, 0.05) is 44.1 Å². The van der Waals surface area contributed by atoms with E-state index in [1.165, 1.54) is 11.1 Å². The molecule has 0 spiro atoms. The molecule has 6 aromatic rings. The Hall–Kier alpha value is -5.59. The first-order valence-electron chi connectivity index (χ1n) is 18.4. The Labute approximate surface area is 309 Å². The minimum absolute atomic E-state index is 0.0371. The predicted octanol–water partition coefficient (Wildman–Crippen LogP) is 5.29. The van der Waals surface area contributed by atoms with Crippen LogP contribution in [0.2, 0.25) is 0 Å². The van der Waals surface area contributed by atoms with Crippen LogP contribution in [0.3, 0.4) is 0 Å². The first-order chi connectivity index (χ1) is 25.8. The fraction of sp³-hybridized carbons (Fsp3) is 0.341. The lowest BCUT2D eigenvalue weighted by molar-refractivity contribution is -0.122. The Bertz CT molecular complexity index is 2050. The van der Waals surface area contributed by atoms with Crippen LogP contribution >= 0.6 is 0 Å². The van der Waals surface area contributed by atoms with Crippen molar-refractivity contribution in [3.05, 3.63) is 132 Å². The number of amides is 1. The maximum Gasteiger partial charge on any atom is 0.226 e. The zero-order chi connectivity index (χ0) is 36.7. The molecule has 3 aromatic heterocycles. The van der Waals surface area contributed by atoms with E-state index < -0.39 is 24.3 Å². The second-order valence-corrected chi connectivity index (χ2v) is 14.0. The number of benzene rings is 3. The zero-order valence-electron chi connectivity index (χ0n) is 30.1. The van der Waals surface area contributed by atoms with Gasteiger partial charge in [-0.2, -0.15) is 9.97 Å². The molecule has 12 heteroatoms. The van der Waals surface area contributed by atoms with Crippen LogP contribution in [0.1, 0.15) is 67.1 Å². The number of hydrogen-bond donors (Lipinski definition) is 5. The summed E-state index contributed by atoms with van der Waals surface area (Å²) in [6, 6.07) is 29.6. The van der Waals surface area contributed by atoms with E-state index in [1.54, 1.807) is 10.9 Å². The SMILES string of the molecule is CC(C)n1cnc(CCNc2nc(NCC(c3ccccc3)c3ccccc3)c3ncn([C@@H]4C[C@H](NC(=O)CCc5ccccc5)[C@@H](O)[C@H]4O)c3n2)c1. The molecule has 0 radical (unpaired) electrons. The van der Waals surface area contributed by atoms with Crippen molar-refractivity contribution in [3.8, 4) is 0 Å². The van der Waals surface area contributed by atoms with Crippen LogP contribution in [0.25, 0.3) is 11.2 Å². The quantitative estimate of drug-likeness (QED) is 0.0956. The van der Waals surface area contributed by atoms with E-state index in [9.17, 15) is 15.0 Å².